The van der Waals surface area contributed by atoms with Crippen LogP contribution in [0.4, 0.5) is 15.8 Å². The van der Waals surface area contributed by atoms with Crippen LogP contribution in [0.15, 0.2) is 54.6 Å². The van der Waals surface area contributed by atoms with E-state index in [1.807, 2.05) is 29.2 Å². The van der Waals surface area contributed by atoms with Crippen LogP contribution in [0.25, 0.3) is 0 Å². The van der Waals surface area contributed by atoms with Gasteiger partial charge < -0.3 is 24.8 Å². The van der Waals surface area contributed by atoms with Crippen molar-refractivity contribution in [3.8, 4) is 11.8 Å². The molecule has 14 heteroatoms. The predicted molar refractivity (Wildman–Crippen MR) is 222 cm³/mol. The molecule has 1 aliphatic carbocycles. The summed E-state index contributed by atoms with van der Waals surface area (Å²) in [6.07, 6.45) is 2.37. The topological polar surface area (TPSA) is 138 Å². The average Bonchev–Trinajstić information content (AvgIpc) is 3.53. The summed E-state index contributed by atoms with van der Waals surface area (Å²) < 4.78 is 21.8. The Morgan fingerprint density at radius 3 is 2.27 bits per heavy atom. The van der Waals surface area contributed by atoms with Gasteiger partial charge in [0.05, 0.1) is 16.3 Å². The largest absolute Gasteiger partial charge is 0.489 e. The molecule has 3 saturated heterocycles. The highest BCUT2D eigenvalue weighted by molar-refractivity contribution is 6.31. The Balaban J connectivity index is 0.792. The Hall–Kier alpha value is -5.19. The van der Waals surface area contributed by atoms with E-state index in [9.17, 15) is 24.4 Å². The van der Waals surface area contributed by atoms with Crippen LogP contribution in [-0.2, 0) is 16.1 Å². The Bertz CT molecular complexity index is 2190. The minimum absolute atomic E-state index is 0.120. The van der Waals surface area contributed by atoms with Crippen molar-refractivity contribution >= 4 is 46.6 Å². The number of rotatable bonds is 9. The first kappa shape index (κ1) is 40.6. The number of nitrogens with one attached hydrogen (secondary N) is 2. The Kier molecular flexibility index (Phi) is 10.8. The lowest BCUT2D eigenvalue weighted by Gasteiger charge is -2.63. The monoisotopic (exact) mass is 823 g/mol. The third kappa shape index (κ3) is 7.73. The zero-order chi connectivity index (χ0) is 41.8. The first-order valence-electron chi connectivity index (χ1n) is 20.6. The van der Waals surface area contributed by atoms with Crippen molar-refractivity contribution < 1.29 is 28.3 Å². The first-order valence-corrected chi connectivity index (χ1v) is 21.0. The number of carbonyl (C=O) groups excluding carboxylic acids is 4. The third-order valence-corrected chi connectivity index (χ3v) is 13.7. The van der Waals surface area contributed by atoms with Gasteiger partial charge >= 0.3 is 0 Å². The van der Waals surface area contributed by atoms with E-state index in [4.69, 9.17) is 16.3 Å². The van der Waals surface area contributed by atoms with Crippen molar-refractivity contribution in [2.45, 2.75) is 78.1 Å². The van der Waals surface area contributed by atoms with Gasteiger partial charge in [0, 0.05) is 98.5 Å². The molecule has 0 radical (unpaired) electrons. The molecule has 3 aromatic carbocycles. The summed E-state index contributed by atoms with van der Waals surface area (Å²) in [5.74, 6) is -0.458. The predicted octanol–water partition coefficient (Wildman–Crippen LogP) is 5.76. The number of halogens is 2. The molecule has 310 valence electrons. The number of nitriles is 1. The Morgan fingerprint density at radius 2 is 1.63 bits per heavy atom. The minimum atomic E-state index is -0.729. The summed E-state index contributed by atoms with van der Waals surface area (Å²) in [4.78, 5) is 59.2. The smallest absolute Gasteiger partial charge is 0.255 e. The summed E-state index contributed by atoms with van der Waals surface area (Å²) >= 11 is 6.25. The van der Waals surface area contributed by atoms with Gasteiger partial charge in [-0.3, -0.25) is 29.4 Å². The lowest BCUT2D eigenvalue weighted by Crippen LogP contribution is -2.74. The number of nitrogens with zero attached hydrogens (tertiary/aromatic N) is 5. The van der Waals surface area contributed by atoms with E-state index in [0.717, 1.165) is 51.3 Å². The molecule has 4 amide bonds. The molecular weight excluding hydrogens is 773 g/mol. The van der Waals surface area contributed by atoms with Gasteiger partial charge in [-0.05, 0) is 79.3 Å². The van der Waals surface area contributed by atoms with Gasteiger partial charge in [0.2, 0.25) is 11.8 Å². The fraction of sp³-hybridized carbons (Fsp3) is 0.489. The van der Waals surface area contributed by atoms with Crippen molar-refractivity contribution in [3.05, 3.63) is 87.7 Å². The molecule has 12 nitrogen and oxygen atoms in total. The molecule has 1 unspecified atom stereocenters. The van der Waals surface area contributed by atoms with Crippen molar-refractivity contribution in [3.63, 3.8) is 0 Å². The van der Waals surface area contributed by atoms with Crippen LogP contribution in [0.5, 0.6) is 5.75 Å². The molecule has 0 spiro atoms. The number of benzene rings is 3. The second-order valence-corrected chi connectivity index (χ2v) is 18.3. The number of carbonyl (C=O) groups is 4. The summed E-state index contributed by atoms with van der Waals surface area (Å²) in [7, 11) is 0. The first-order chi connectivity index (χ1) is 28.1. The van der Waals surface area contributed by atoms with Gasteiger partial charge in [0.1, 0.15) is 29.8 Å². The number of fused-ring (bicyclic) bond motifs is 1. The van der Waals surface area contributed by atoms with E-state index in [-0.39, 0.29) is 65.9 Å². The molecule has 1 saturated carbocycles. The van der Waals surface area contributed by atoms with Gasteiger partial charge in [-0.1, -0.05) is 39.3 Å². The minimum Gasteiger partial charge on any atom is -0.489 e. The molecule has 8 rings (SSSR count). The standard InChI is InChI=1S/C45H51ClFN7O5/c1-44(2)42(45(3,4)43(44)59-32-10-7-29(24-48)34(46)22-32)50-39(56)28-5-8-31(9-6-28)52-15-13-27(14-16-52)25-51-17-19-53(20-18-51)37-23-33-30(21-35(37)47)26-54(41(33)58)36-11-12-38(55)49-40(36)57/h5-10,21-23,27,36,42-43H,11-20,25-26H2,1-4H3,(H,50,56)(H,49,55,57)/t36?,42-,43-. The Labute approximate surface area is 349 Å². The lowest BCUT2D eigenvalue weighted by atomic mass is 9.49. The average molecular weight is 824 g/mol. The van der Waals surface area contributed by atoms with Crippen LogP contribution in [0, 0.1) is 33.9 Å². The van der Waals surface area contributed by atoms with Crippen LogP contribution in [0.3, 0.4) is 0 Å². The van der Waals surface area contributed by atoms with Crippen LogP contribution in [0.2, 0.25) is 5.02 Å². The van der Waals surface area contributed by atoms with Gasteiger partial charge in [-0.25, -0.2) is 4.39 Å². The zero-order valence-corrected chi connectivity index (χ0v) is 34.8. The molecular formula is C45H51ClFN7O5. The maximum atomic E-state index is 15.4. The van der Waals surface area contributed by atoms with Crippen LogP contribution in [0.1, 0.15) is 85.2 Å². The van der Waals surface area contributed by atoms with E-state index in [1.165, 1.54) is 11.0 Å². The number of imide groups is 1. The SMILES string of the molecule is CC1(C)[C@H](NC(=O)c2ccc(N3CCC(CN4CCN(c5cc6c(cc5F)CN(C5CCC(=O)NC5=O)C6=O)CC4)CC3)cc2)C(C)(C)[C@H]1Oc1ccc(C#N)c(Cl)c1. The van der Waals surface area contributed by atoms with E-state index in [2.05, 4.69) is 54.2 Å². The lowest BCUT2D eigenvalue weighted by molar-refractivity contribution is -0.164. The molecule has 5 aliphatic rings. The van der Waals surface area contributed by atoms with Crippen molar-refractivity contribution in [2.75, 3.05) is 55.6 Å². The van der Waals surface area contributed by atoms with E-state index < -0.39 is 11.9 Å². The highest BCUT2D eigenvalue weighted by Gasteiger charge is 2.64. The van der Waals surface area contributed by atoms with E-state index >= 15 is 4.39 Å². The number of hydrogen-bond acceptors (Lipinski definition) is 9. The quantitative estimate of drug-likeness (QED) is 0.258. The summed E-state index contributed by atoms with van der Waals surface area (Å²) in [5, 5.41) is 15.2. The second-order valence-electron chi connectivity index (χ2n) is 17.9. The normalized spacial score (nSPS) is 24.3. The fourth-order valence-corrected chi connectivity index (χ4v) is 10.6. The van der Waals surface area contributed by atoms with Gasteiger partial charge in [0.15, 0.2) is 0 Å². The van der Waals surface area contributed by atoms with Gasteiger partial charge in [0.25, 0.3) is 11.8 Å². The molecule has 4 fully saturated rings. The molecule has 4 aliphatic heterocycles. The summed E-state index contributed by atoms with van der Waals surface area (Å²) in [6.45, 7) is 14.3. The highest BCUT2D eigenvalue weighted by atomic mass is 35.5. The number of anilines is 2. The molecule has 2 N–H and O–H groups in total. The van der Waals surface area contributed by atoms with Gasteiger partial charge in [-0.15, -0.1) is 0 Å². The molecule has 0 aromatic heterocycles. The van der Waals surface area contributed by atoms with Crippen molar-refractivity contribution in [1.29, 1.82) is 5.26 Å². The molecule has 3 aromatic rings. The van der Waals surface area contributed by atoms with E-state index in [0.29, 0.717) is 57.7 Å². The Morgan fingerprint density at radius 1 is 0.932 bits per heavy atom. The fourth-order valence-electron chi connectivity index (χ4n) is 10.4. The van der Waals surface area contributed by atoms with Crippen LogP contribution >= 0.6 is 11.6 Å². The molecule has 4 heterocycles. The maximum Gasteiger partial charge on any atom is 0.255 e. The van der Waals surface area contributed by atoms with Crippen LogP contribution < -0.4 is 25.2 Å². The summed E-state index contributed by atoms with van der Waals surface area (Å²) in [5.41, 5.74) is 2.80. The number of piperidine rings is 2. The van der Waals surface area contributed by atoms with Crippen LogP contribution in [-0.4, -0.2) is 97.4 Å². The molecule has 59 heavy (non-hydrogen) atoms. The number of piperazine rings is 1. The molecule has 1 atom stereocenters. The van der Waals surface area contributed by atoms with Crippen molar-refractivity contribution in [1.82, 2.24) is 20.4 Å². The number of hydrogen-bond donors (Lipinski definition) is 2. The van der Waals surface area contributed by atoms with E-state index in [1.54, 1.807) is 24.3 Å². The molecule has 0 bridgehead atoms. The maximum absolute atomic E-state index is 15.4. The number of amides is 4. The van der Waals surface area contributed by atoms with Crippen molar-refractivity contribution in [2.24, 2.45) is 16.7 Å². The zero-order valence-electron chi connectivity index (χ0n) is 34.0. The number of ether oxygens (including phenoxy) is 1. The second kappa shape index (κ2) is 15.8. The highest BCUT2D eigenvalue weighted by Crippen LogP contribution is 2.55. The third-order valence-electron chi connectivity index (χ3n) is 13.4. The summed E-state index contributed by atoms with van der Waals surface area (Å²) in [6, 6.07) is 17.2. The van der Waals surface area contributed by atoms with Gasteiger partial charge in [-0.2, -0.15) is 5.26 Å².